The largest absolute Gasteiger partial charge is 0.506 e. The van der Waals surface area contributed by atoms with Crippen LogP contribution in [0.3, 0.4) is 0 Å². The number of sulfonamides is 1. The number of nitrogens with zero attached hydrogens (tertiary/aromatic N) is 1. The molecule has 8 nitrogen and oxygen atoms in total. The number of carbonyl (C=O) groups excluding carboxylic acids is 2. The van der Waals surface area contributed by atoms with Crippen molar-refractivity contribution in [1.82, 2.24) is 9.62 Å². The summed E-state index contributed by atoms with van der Waals surface area (Å²) in [5, 5.41) is 15.3. The molecule has 2 aromatic rings. The third kappa shape index (κ3) is 5.80. The van der Waals surface area contributed by atoms with Gasteiger partial charge in [-0.2, -0.15) is 4.31 Å². The van der Waals surface area contributed by atoms with E-state index >= 15 is 0 Å². The third-order valence-corrected chi connectivity index (χ3v) is 6.54. The Morgan fingerprint density at radius 3 is 2.30 bits per heavy atom. The summed E-state index contributed by atoms with van der Waals surface area (Å²) in [6.45, 7) is 5.76. The van der Waals surface area contributed by atoms with E-state index in [9.17, 15) is 23.1 Å². The number of phenols is 1. The monoisotopic (exact) mass is 433 g/mol. The summed E-state index contributed by atoms with van der Waals surface area (Å²) in [7, 11) is -3.73. The van der Waals surface area contributed by atoms with Crippen LogP contribution in [0.1, 0.15) is 37.6 Å². The molecule has 2 amide bonds. The number of hydrogen-bond donors (Lipinski definition) is 3. The van der Waals surface area contributed by atoms with Crippen LogP contribution in [0, 0.1) is 0 Å². The molecular weight excluding hydrogens is 406 g/mol. The molecule has 0 unspecified atom stereocenters. The van der Waals surface area contributed by atoms with Gasteiger partial charge in [-0.25, -0.2) is 8.42 Å². The quantitative estimate of drug-likeness (QED) is 0.526. The van der Waals surface area contributed by atoms with E-state index in [0.717, 1.165) is 0 Å². The molecule has 0 radical (unpaired) electrons. The zero-order valence-electron chi connectivity index (χ0n) is 17.3. The highest BCUT2D eigenvalue weighted by Gasteiger charge is 2.23. The lowest BCUT2D eigenvalue weighted by Crippen LogP contribution is -2.35. The molecule has 30 heavy (non-hydrogen) atoms. The summed E-state index contributed by atoms with van der Waals surface area (Å²) >= 11 is 0. The maximum absolute atomic E-state index is 12.7. The van der Waals surface area contributed by atoms with E-state index in [1.165, 1.54) is 22.5 Å². The molecule has 0 saturated heterocycles. The number of benzene rings is 2. The first kappa shape index (κ1) is 23.4. The van der Waals surface area contributed by atoms with Crippen molar-refractivity contribution in [3.63, 3.8) is 0 Å². The van der Waals surface area contributed by atoms with Crippen LogP contribution in [0.4, 0.5) is 5.69 Å². The number of aromatic hydroxyl groups is 1. The predicted molar refractivity (Wildman–Crippen MR) is 115 cm³/mol. The maximum Gasteiger partial charge on any atom is 0.251 e. The Labute approximate surface area is 177 Å². The molecule has 0 spiro atoms. The summed E-state index contributed by atoms with van der Waals surface area (Å²) in [4.78, 5) is 24.5. The van der Waals surface area contributed by atoms with E-state index in [4.69, 9.17) is 0 Å². The van der Waals surface area contributed by atoms with Gasteiger partial charge in [-0.3, -0.25) is 9.59 Å². The Hall–Kier alpha value is -2.91. The molecule has 1 atom stereocenters. The van der Waals surface area contributed by atoms with E-state index in [0.29, 0.717) is 18.7 Å². The lowest BCUT2D eigenvalue weighted by atomic mass is 10.1. The van der Waals surface area contributed by atoms with Crippen molar-refractivity contribution < 1.29 is 23.1 Å². The van der Waals surface area contributed by atoms with Crippen molar-refractivity contribution >= 4 is 27.5 Å². The van der Waals surface area contributed by atoms with Gasteiger partial charge >= 0.3 is 0 Å². The topological polar surface area (TPSA) is 116 Å². The van der Waals surface area contributed by atoms with E-state index < -0.39 is 22.0 Å². The highest BCUT2D eigenvalue weighted by Crippen LogP contribution is 2.28. The molecule has 2 aromatic carbocycles. The van der Waals surface area contributed by atoms with E-state index in [-0.39, 0.29) is 28.7 Å². The fourth-order valence-electron chi connectivity index (χ4n) is 2.92. The van der Waals surface area contributed by atoms with E-state index in [1.807, 2.05) is 0 Å². The molecule has 0 fully saturated rings. The highest BCUT2D eigenvalue weighted by atomic mass is 32.2. The van der Waals surface area contributed by atoms with Crippen LogP contribution in [0.25, 0.3) is 0 Å². The molecule has 0 aliphatic heterocycles. The van der Waals surface area contributed by atoms with Crippen LogP contribution in [-0.2, 0) is 14.8 Å². The van der Waals surface area contributed by atoms with Crippen molar-refractivity contribution in [2.45, 2.75) is 38.1 Å². The van der Waals surface area contributed by atoms with Gasteiger partial charge in [0.25, 0.3) is 5.91 Å². The number of phenolic OH excluding ortho intramolecular Hbond substituents is 1. The van der Waals surface area contributed by atoms with Crippen LogP contribution in [0.15, 0.2) is 53.4 Å². The Morgan fingerprint density at radius 2 is 1.70 bits per heavy atom. The molecule has 0 saturated carbocycles. The average Bonchev–Trinajstić information content (AvgIpc) is 2.70. The lowest BCUT2D eigenvalue weighted by molar-refractivity contribution is -0.116. The van der Waals surface area contributed by atoms with Gasteiger partial charge in [0.1, 0.15) is 5.75 Å². The van der Waals surface area contributed by atoms with Gasteiger partial charge in [-0.15, -0.1) is 0 Å². The molecule has 162 valence electrons. The molecule has 0 heterocycles. The zero-order chi connectivity index (χ0) is 22.3. The molecular formula is C21H27N3O5S. The van der Waals surface area contributed by atoms with Crippen molar-refractivity contribution in [2.75, 3.05) is 18.4 Å². The summed E-state index contributed by atoms with van der Waals surface area (Å²) in [6, 6.07) is 11.9. The van der Waals surface area contributed by atoms with Gasteiger partial charge in [0.05, 0.1) is 10.6 Å². The van der Waals surface area contributed by atoms with E-state index in [1.54, 1.807) is 51.1 Å². The number of amides is 2. The van der Waals surface area contributed by atoms with Gasteiger partial charge in [-0.05, 0) is 37.3 Å². The zero-order valence-corrected chi connectivity index (χ0v) is 18.1. The standard InChI is InChI=1S/C21H27N3O5S/c1-4-24(5-2)30(28,29)17-11-12-19(25)18(14-17)23-20(26)13-15(3)22-21(27)16-9-7-6-8-10-16/h6-12,14-15,25H,4-5,13H2,1-3H3,(H,22,27)(H,23,26)/t15-/m0/s1. The number of nitrogens with one attached hydrogen (secondary N) is 2. The van der Waals surface area contributed by atoms with Gasteiger partial charge in [0.15, 0.2) is 0 Å². The number of hydrogen-bond acceptors (Lipinski definition) is 5. The third-order valence-electron chi connectivity index (χ3n) is 4.49. The second-order valence-electron chi connectivity index (χ2n) is 6.76. The van der Waals surface area contributed by atoms with Gasteiger partial charge in [0.2, 0.25) is 15.9 Å². The van der Waals surface area contributed by atoms with E-state index in [2.05, 4.69) is 10.6 Å². The number of rotatable bonds is 9. The number of carbonyl (C=O) groups is 2. The fourth-order valence-corrected chi connectivity index (χ4v) is 4.40. The van der Waals surface area contributed by atoms with Crippen molar-refractivity contribution in [1.29, 1.82) is 0 Å². The maximum atomic E-state index is 12.7. The Kier molecular flexibility index (Phi) is 7.96. The van der Waals surface area contributed by atoms with Gasteiger partial charge < -0.3 is 15.7 Å². The van der Waals surface area contributed by atoms with Gasteiger partial charge in [0, 0.05) is 31.1 Å². The molecule has 0 aromatic heterocycles. The van der Waals surface area contributed by atoms with Crippen LogP contribution in [0.2, 0.25) is 0 Å². The van der Waals surface area contributed by atoms with Crippen LogP contribution < -0.4 is 10.6 Å². The first-order valence-corrected chi connectivity index (χ1v) is 11.1. The van der Waals surface area contributed by atoms with Crippen molar-refractivity contribution in [2.24, 2.45) is 0 Å². The Balaban J connectivity index is 2.07. The molecule has 9 heteroatoms. The normalized spacial score (nSPS) is 12.4. The second kappa shape index (κ2) is 10.2. The molecule has 2 rings (SSSR count). The number of anilines is 1. The van der Waals surface area contributed by atoms with Gasteiger partial charge in [-0.1, -0.05) is 32.0 Å². The fraction of sp³-hybridized carbons (Fsp3) is 0.333. The first-order valence-electron chi connectivity index (χ1n) is 9.68. The summed E-state index contributed by atoms with van der Waals surface area (Å²) in [5.41, 5.74) is 0.478. The minimum Gasteiger partial charge on any atom is -0.506 e. The second-order valence-corrected chi connectivity index (χ2v) is 8.70. The summed E-state index contributed by atoms with van der Waals surface area (Å²) in [6.07, 6.45) is -0.0506. The molecule has 0 aliphatic carbocycles. The summed E-state index contributed by atoms with van der Waals surface area (Å²) < 4.78 is 26.6. The van der Waals surface area contributed by atoms with Crippen LogP contribution in [0.5, 0.6) is 5.75 Å². The van der Waals surface area contributed by atoms with Crippen molar-refractivity contribution in [3.05, 3.63) is 54.1 Å². The lowest BCUT2D eigenvalue weighted by Gasteiger charge is -2.19. The predicted octanol–water partition coefficient (Wildman–Crippen LogP) is 2.57. The smallest absolute Gasteiger partial charge is 0.251 e. The molecule has 0 aliphatic rings. The van der Waals surface area contributed by atoms with Crippen molar-refractivity contribution in [3.8, 4) is 5.75 Å². The van der Waals surface area contributed by atoms with Crippen LogP contribution >= 0.6 is 0 Å². The SMILES string of the molecule is CCN(CC)S(=O)(=O)c1ccc(O)c(NC(=O)C[C@H](C)NC(=O)c2ccccc2)c1. The Morgan fingerprint density at radius 1 is 1.07 bits per heavy atom. The first-order chi connectivity index (χ1) is 14.2. The highest BCUT2D eigenvalue weighted by molar-refractivity contribution is 7.89. The molecule has 0 bridgehead atoms. The minimum atomic E-state index is -3.73. The minimum absolute atomic E-state index is 0.00480. The molecule has 3 N–H and O–H groups in total. The Bertz CT molecular complexity index is 989. The average molecular weight is 434 g/mol. The summed E-state index contributed by atoms with van der Waals surface area (Å²) in [5.74, 6) is -1.02. The van der Waals surface area contributed by atoms with Crippen LogP contribution in [-0.4, -0.2) is 48.8 Å².